The van der Waals surface area contributed by atoms with Crippen molar-refractivity contribution in [2.24, 2.45) is 5.92 Å². The predicted octanol–water partition coefficient (Wildman–Crippen LogP) is 2.76. The summed E-state index contributed by atoms with van der Waals surface area (Å²) in [7, 11) is -3.68. The van der Waals surface area contributed by atoms with Crippen LogP contribution >= 0.6 is 0 Å². The van der Waals surface area contributed by atoms with Gasteiger partial charge in [0.1, 0.15) is 0 Å². The molecule has 0 aliphatic carbocycles. The van der Waals surface area contributed by atoms with Gasteiger partial charge < -0.3 is 9.84 Å². The highest BCUT2D eigenvalue weighted by Crippen LogP contribution is 2.49. The van der Waals surface area contributed by atoms with Crippen LogP contribution in [-0.2, 0) is 14.8 Å². The van der Waals surface area contributed by atoms with Crippen LogP contribution in [0.3, 0.4) is 0 Å². The van der Waals surface area contributed by atoms with Crippen LogP contribution in [0.25, 0.3) is 0 Å². The van der Waals surface area contributed by atoms with Gasteiger partial charge in [0.2, 0.25) is 0 Å². The largest absolute Gasteiger partial charge is 0.395 e. The van der Waals surface area contributed by atoms with Crippen molar-refractivity contribution in [3.63, 3.8) is 0 Å². The third kappa shape index (κ3) is 3.57. The van der Waals surface area contributed by atoms with Gasteiger partial charge in [-0.05, 0) is 55.0 Å². The Morgan fingerprint density at radius 3 is 2.61 bits per heavy atom. The van der Waals surface area contributed by atoms with Gasteiger partial charge in [0, 0.05) is 37.8 Å². The van der Waals surface area contributed by atoms with Crippen LogP contribution in [0.5, 0.6) is 0 Å². The van der Waals surface area contributed by atoms with Crippen LogP contribution in [0.1, 0.15) is 29.9 Å². The minimum absolute atomic E-state index is 0.0396. The van der Waals surface area contributed by atoms with E-state index in [9.17, 15) is 13.5 Å². The van der Waals surface area contributed by atoms with Gasteiger partial charge in [-0.25, -0.2) is 8.42 Å². The molecule has 3 aliphatic rings. The molecule has 0 unspecified atom stereocenters. The molecule has 1 N–H and O–H groups in total. The molecule has 2 aromatic rings. The zero-order valence-electron chi connectivity index (χ0n) is 17.9. The lowest BCUT2D eigenvalue weighted by atomic mass is 9.72. The molecule has 7 heteroatoms. The number of nitrogens with zero attached hydrogens (tertiary/aromatic N) is 2. The molecular weight excluding hydrogens is 412 g/mol. The van der Waals surface area contributed by atoms with Crippen molar-refractivity contribution in [2.75, 3.05) is 37.2 Å². The maximum atomic E-state index is 13.7. The second-order valence-corrected chi connectivity index (χ2v) is 10.9. The lowest BCUT2D eigenvalue weighted by molar-refractivity contribution is -0.0616. The SMILES string of the molecule is Cc1cccc(S(=O)(=O)N2C[C@H]3[C@@H](c4ccccc42)[C@H](CO)N3CC2CCOCC2)c1. The van der Waals surface area contributed by atoms with E-state index in [1.54, 1.807) is 22.5 Å². The molecule has 5 rings (SSSR count). The summed E-state index contributed by atoms with van der Waals surface area (Å²) in [5.41, 5.74) is 2.70. The molecule has 0 bridgehead atoms. The first-order valence-electron chi connectivity index (χ1n) is 11.1. The Morgan fingerprint density at radius 1 is 1.10 bits per heavy atom. The monoisotopic (exact) mass is 442 g/mol. The fourth-order valence-corrected chi connectivity index (χ4v) is 7.17. The zero-order chi connectivity index (χ0) is 21.6. The average molecular weight is 443 g/mol. The normalized spacial score (nSPS) is 26.8. The van der Waals surface area contributed by atoms with E-state index in [1.165, 1.54) is 0 Å². The van der Waals surface area contributed by atoms with E-state index in [4.69, 9.17) is 4.74 Å². The molecule has 6 nitrogen and oxygen atoms in total. The van der Waals surface area contributed by atoms with E-state index in [-0.39, 0.29) is 24.6 Å². The number of aliphatic hydroxyl groups excluding tert-OH is 1. The van der Waals surface area contributed by atoms with Crippen molar-refractivity contribution in [1.29, 1.82) is 0 Å². The first kappa shape index (κ1) is 20.9. The van der Waals surface area contributed by atoms with E-state index in [1.807, 2.05) is 37.3 Å². The van der Waals surface area contributed by atoms with Crippen LogP contribution in [0, 0.1) is 12.8 Å². The number of anilines is 1. The second kappa shape index (κ2) is 8.20. The molecule has 2 saturated heterocycles. The van der Waals surface area contributed by atoms with E-state index in [0.29, 0.717) is 17.4 Å². The molecule has 2 fully saturated rings. The number of ether oxygens (including phenoxy) is 1. The number of hydrogen-bond donors (Lipinski definition) is 1. The molecule has 3 atom stereocenters. The third-order valence-electron chi connectivity index (χ3n) is 7.17. The quantitative estimate of drug-likeness (QED) is 0.771. The number of likely N-dealkylation sites (tertiary alicyclic amines) is 1. The Labute approximate surface area is 184 Å². The molecule has 0 aromatic heterocycles. The number of para-hydroxylation sites is 1. The zero-order valence-corrected chi connectivity index (χ0v) is 18.7. The van der Waals surface area contributed by atoms with Crippen LogP contribution in [0.2, 0.25) is 0 Å². The van der Waals surface area contributed by atoms with Crippen molar-refractivity contribution < 1.29 is 18.3 Å². The standard InChI is InChI=1S/C24H30N2O4S/c1-17-5-4-6-19(13-17)31(28,29)26-15-22-24(20-7-2-3-8-21(20)26)23(16-27)25(22)14-18-9-11-30-12-10-18/h2-8,13,18,22-24,27H,9-12,14-16H2,1H3/t22-,23-,24+/m0/s1. The van der Waals surface area contributed by atoms with Crippen LogP contribution in [0.15, 0.2) is 53.4 Å². The number of hydrogen-bond acceptors (Lipinski definition) is 5. The molecule has 3 heterocycles. The van der Waals surface area contributed by atoms with Gasteiger partial charge in [0.15, 0.2) is 0 Å². The molecule has 3 aliphatic heterocycles. The molecule has 0 radical (unpaired) electrons. The molecule has 31 heavy (non-hydrogen) atoms. The second-order valence-electron chi connectivity index (χ2n) is 9.01. The smallest absolute Gasteiger partial charge is 0.264 e. The lowest BCUT2D eigenvalue weighted by Crippen LogP contribution is -2.69. The Balaban J connectivity index is 1.50. The van der Waals surface area contributed by atoms with Gasteiger partial charge in [-0.3, -0.25) is 9.21 Å². The number of benzene rings is 2. The Bertz CT molecular complexity index is 1050. The topological polar surface area (TPSA) is 70.1 Å². The summed E-state index contributed by atoms with van der Waals surface area (Å²) in [4.78, 5) is 2.67. The first-order chi connectivity index (χ1) is 15.0. The van der Waals surface area contributed by atoms with Crippen LogP contribution in [0.4, 0.5) is 5.69 Å². The van der Waals surface area contributed by atoms with Gasteiger partial charge >= 0.3 is 0 Å². The van der Waals surface area contributed by atoms with Crippen LogP contribution < -0.4 is 4.31 Å². The maximum absolute atomic E-state index is 13.7. The van der Waals surface area contributed by atoms with Crippen molar-refractivity contribution in [2.45, 2.75) is 42.7 Å². The van der Waals surface area contributed by atoms with Gasteiger partial charge in [0.05, 0.1) is 23.7 Å². The van der Waals surface area contributed by atoms with E-state index >= 15 is 0 Å². The minimum atomic E-state index is -3.68. The Morgan fingerprint density at radius 2 is 1.87 bits per heavy atom. The Hall–Kier alpha value is -1.93. The molecule has 166 valence electrons. The van der Waals surface area contributed by atoms with Gasteiger partial charge in [-0.15, -0.1) is 0 Å². The van der Waals surface area contributed by atoms with E-state index < -0.39 is 10.0 Å². The van der Waals surface area contributed by atoms with Gasteiger partial charge in [-0.1, -0.05) is 30.3 Å². The van der Waals surface area contributed by atoms with Crippen molar-refractivity contribution in [1.82, 2.24) is 4.90 Å². The van der Waals surface area contributed by atoms with Gasteiger partial charge in [-0.2, -0.15) is 0 Å². The maximum Gasteiger partial charge on any atom is 0.264 e. The predicted molar refractivity (Wildman–Crippen MR) is 120 cm³/mol. The molecule has 0 saturated carbocycles. The lowest BCUT2D eigenvalue weighted by Gasteiger charge is -2.59. The Kier molecular flexibility index (Phi) is 5.54. The fourth-order valence-electron chi connectivity index (χ4n) is 5.56. The number of rotatable bonds is 5. The fraction of sp³-hybridized carbons (Fsp3) is 0.500. The van der Waals surface area contributed by atoms with Crippen LogP contribution in [-0.4, -0.2) is 63.4 Å². The average Bonchev–Trinajstić information content (AvgIpc) is 2.78. The van der Waals surface area contributed by atoms with E-state index in [2.05, 4.69) is 4.90 Å². The molecule has 0 spiro atoms. The minimum Gasteiger partial charge on any atom is -0.395 e. The summed E-state index contributed by atoms with van der Waals surface area (Å²) in [5, 5.41) is 10.2. The third-order valence-corrected chi connectivity index (χ3v) is 8.95. The number of aliphatic hydroxyl groups is 1. The summed E-state index contributed by atoms with van der Waals surface area (Å²) in [6.07, 6.45) is 2.04. The van der Waals surface area contributed by atoms with Crippen molar-refractivity contribution >= 4 is 15.7 Å². The van der Waals surface area contributed by atoms with Crippen molar-refractivity contribution in [3.8, 4) is 0 Å². The summed E-state index contributed by atoms with van der Waals surface area (Å²) in [6.45, 7) is 4.87. The highest BCUT2D eigenvalue weighted by Gasteiger charge is 2.54. The number of aryl methyl sites for hydroxylation is 1. The van der Waals surface area contributed by atoms with E-state index in [0.717, 1.165) is 49.4 Å². The molecular formula is C24H30N2O4S. The summed E-state index contributed by atoms with van der Waals surface area (Å²) in [6, 6.07) is 15.0. The first-order valence-corrected chi connectivity index (χ1v) is 12.6. The summed E-state index contributed by atoms with van der Waals surface area (Å²) < 4.78 is 34.4. The number of fused-ring (bicyclic) bond motifs is 3. The highest BCUT2D eigenvalue weighted by molar-refractivity contribution is 7.92. The van der Waals surface area contributed by atoms with Crippen molar-refractivity contribution in [3.05, 3.63) is 59.7 Å². The summed E-state index contributed by atoms with van der Waals surface area (Å²) >= 11 is 0. The summed E-state index contributed by atoms with van der Waals surface area (Å²) in [5.74, 6) is 0.688. The molecule has 0 amide bonds. The highest BCUT2D eigenvalue weighted by atomic mass is 32.2. The molecule has 2 aromatic carbocycles. The number of sulfonamides is 1. The van der Waals surface area contributed by atoms with Gasteiger partial charge in [0.25, 0.3) is 10.0 Å².